The zero-order valence-electron chi connectivity index (χ0n) is 25.3. The first kappa shape index (κ1) is 31.2. The number of methoxy groups -OCH3 is 1. The van der Waals surface area contributed by atoms with Crippen LogP contribution in [0.25, 0.3) is 11.8 Å². The number of aliphatic carboxylic acids is 1. The zero-order valence-corrected chi connectivity index (χ0v) is 26.0. The summed E-state index contributed by atoms with van der Waals surface area (Å²) in [6, 6.07) is 11.0. The molecule has 230 valence electrons. The lowest BCUT2D eigenvalue weighted by molar-refractivity contribution is -0.134. The van der Waals surface area contributed by atoms with E-state index < -0.39 is 5.97 Å². The van der Waals surface area contributed by atoms with Gasteiger partial charge < -0.3 is 19.3 Å². The van der Waals surface area contributed by atoms with Crippen molar-refractivity contribution in [3.8, 4) is 11.5 Å². The third-order valence-electron chi connectivity index (χ3n) is 9.28. The van der Waals surface area contributed by atoms with Gasteiger partial charge >= 0.3 is 11.9 Å². The average molecular weight is 607 g/mol. The van der Waals surface area contributed by atoms with Gasteiger partial charge in [-0.15, -0.1) is 0 Å². The van der Waals surface area contributed by atoms with Crippen molar-refractivity contribution >= 4 is 35.4 Å². The lowest BCUT2D eigenvalue weighted by Crippen LogP contribution is -2.40. The minimum Gasteiger partial charge on any atom is -0.496 e. The number of halogens is 1. The van der Waals surface area contributed by atoms with Crippen molar-refractivity contribution in [2.24, 2.45) is 23.7 Å². The van der Waals surface area contributed by atoms with Crippen LogP contribution in [0, 0.1) is 23.7 Å². The molecule has 6 nitrogen and oxygen atoms in total. The predicted octanol–water partition coefficient (Wildman–Crippen LogP) is 9.10. The maximum absolute atomic E-state index is 12.2. The lowest BCUT2D eigenvalue weighted by Gasteiger charge is -2.51. The monoisotopic (exact) mass is 606 g/mol. The van der Waals surface area contributed by atoms with Crippen LogP contribution in [0.1, 0.15) is 94.2 Å². The Bertz CT molecular complexity index is 1330. The maximum atomic E-state index is 12.2. The van der Waals surface area contributed by atoms with Gasteiger partial charge in [0, 0.05) is 23.6 Å². The molecular formula is C36H43ClO6. The van der Waals surface area contributed by atoms with E-state index in [4.69, 9.17) is 25.8 Å². The minimum absolute atomic E-state index is 0.205. The van der Waals surface area contributed by atoms with Gasteiger partial charge in [-0.05, 0) is 97.6 Å². The SMILES string of the molecule is CCCCCCCC(=O)Oc1ccc(COc2c(/C=C/C(=O)O)ccc(C(OC)=C3C4CC5CC(C4)CC3C5)c2Cl)cc1. The molecule has 43 heavy (non-hydrogen) atoms. The number of benzene rings is 2. The number of unbranched alkanes of at least 4 members (excludes halogenated alkanes) is 4. The summed E-state index contributed by atoms with van der Waals surface area (Å²) in [4.78, 5) is 23.5. The van der Waals surface area contributed by atoms with E-state index in [1.165, 1.54) is 56.6 Å². The number of carbonyl (C=O) groups excluding carboxylic acids is 1. The van der Waals surface area contributed by atoms with E-state index in [1.54, 1.807) is 19.2 Å². The molecule has 2 aromatic rings. The Labute approximate surface area is 260 Å². The quantitative estimate of drug-likeness (QED) is 0.0759. The Kier molecular flexibility index (Phi) is 10.5. The molecule has 7 heteroatoms. The van der Waals surface area contributed by atoms with E-state index in [-0.39, 0.29) is 12.6 Å². The molecule has 0 unspecified atom stereocenters. The molecule has 4 bridgehead atoms. The Morgan fingerprint density at radius 2 is 1.60 bits per heavy atom. The van der Waals surface area contributed by atoms with Gasteiger partial charge in [-0.1, -0.05) is 62.4 Å². The van der Waals surface area contributed by atoms with E-state index >= 15 is 0 Å². The molecule has 0 radical (unpaired) electrons. The molecule has 0 atom stereocenters. The Morgan fingerprint density at radius 1 is 0.930 bits per heavy atom. The van der Waals surface area contributed by atoms with Gasteiger partial charge in [-0.25, -0.2) is 4.79 Å². The summed E-state index contributed by atoms with van der Waals surface area (Å²) < 4.78 is 17.8. The summed E-state index contributed by atoms with van der Waals surface area (Å²) in [6.07, 6.45) is 14.6. The fourth-order valence-electron chi connectivity index (χ4n) is 7.50. The van der Waals surface area contributed by atoms with Crippen molar-refractivity contribution in [2.45, 2.75) is 84.2 Å². The first-order chi connectivity index (χ1) is 20.9. The molecule has 4 fully saturated rings. The van der Waals surface area contributed by atoms with Crippen LogP contribution in [-0.2, 0) is 20.9 Å². The zero-order chi connectivity index (χ0) is 30.3. The highest BCUT2D eigenvalue weighted by Gasteiger charge is 2.47. The third-order valence-corrected chi connectivity index (χ3v) is 9.66. The molecule has 4 saturated carbocycles. The van der Waals surface area contributed by atoms with Crippen molar-refractivity contribution < 1.29 is 28.9 Å². The van der Waals surface area contributed by atoms with Crippen molar-refractivity contribution in [2.75, 3.05) is 7.11 Å². The van der Waals surface area contributed by atoms with Gasteiger partial charge in [0.15, 0.2) is 0 Å². The average Bonchev–Trinajstić information content (AvgIpc) is 2.98. The molecule has 0 heterocycles. The molecule has 0 saturated heterocycles. The van der Waals surface area contributed by atoms with Gasteiger partial charge in [0.05, 0.1) is 12.1 Å². The normalized spacial score (nSPS) is 22.2. The van der Waals surface area contributed by atoms with Gasteiger partial charge in [0.2, 0.25) is 0 Å². The molecule has 0 aliphatic heterocycles. The standard InChI is InChI=1S/C36H43ClO6/c1-3-4-5-6-7-8-32(40)43-29-13-9-23(10-14-29)22-42-35-26(12-16-31(38)39)11-15-30(34(35)37)36(41-2)33-27-18-24-17-25(20-27)21-28(33)19-24/h9-16,24-25,27-28H,3-8,17-22H2,1-2H3,(H,38,39)/b16-12+,36-33?. The van der Waals surface area contributed by atoms with Crippen LogP contribution in [0.3, 0.4) is 0 Å². The van der Waals surface area contributed by atoms with Gasteiger partial charge in [0.25, 0.3) is 0 Å². The van der Waals surface area contributed by atoms with Crippen LogP contribution < -0.4 is 9.47 Å². The van der Waals surface area contributed by atoms with Crippen molar-refractivity contribution in [3.05, 3.63) is 69.8 Å². The number of hydrogen-bond donors (Lipinski definition) is 1. The second kappa shape index (κ2) is 14.5. The largest absolute Gasteiger partial charge is 0.496 e. The van der Waals surface area contributed by atoms with Crippen molar-refractivity contribution in [1.82, 2.24) is 0 Å². The van der Waals surface area contributed by atoms with Crippen LogP contribution in [0.4, 0.5) is 0 Å². The summed E-state index contributed by atoms with van der Waals surface area (Å²) in [7, 11) is 1.71. The molecule has 2 aromatic carbocycles. The number of carboxylic acids is 1. The summed E-state index contributed by atoms with van der Waals surface area (Å²) in [5.74, 6) is 3.20. The smallest absolute Gasteiger partial charge is 0.328 e. The lowest BCUT2D eigenvalue weighted by atomic mass is 9.54. The number of rotatable bonds is 14. The molecule has 0 amide bonds. The number of carbonyl (C=O) groups is 2. The van der Waals surface area contributed by atoms with Crippen molar-refractivity contribution in [1.29, 1.82) is 0 Å². The van der Waals surface area contributed by atoms with Crippen molar-refractivity contribution in [3.63, 3.8) is 0 Å². The molecule has 0 aromatic heterocycles. The van der Waals surface area contributed by atoms with Crippen LogP contribution in [0.2, 0.25) is 5.02 Å². The highest BCUT2D eigenvalue weighted by molar-refractivity contribution is 6.34. The maximum Gasteiger partial charge on any atom is 0.328 e. The minimum atomic E-state index is -1.05. The molecule has 4 aliphatic carbocycles. The summed E-state index contributed by atoms with van der Waals surface area (Å²) in [5.41, 5.74) is 3.61. The van der Waals surface area contributed by atoms with Gasteiger partial charge in [-0.3, -0.25) is 4.79 Å². The Balaban J connectivity index is 1.32. The van der Waals surface area contributed by atoms with Crippen LogP contribution in [0.15, 0.2) is 48.0 Å². The first-order valence-electron chi connectivity index (χ1n) is 15.8. The summed E-state index contributed by atoms with van der Waals surface area (Å²) >= 11 is 7.06. The van der Waals surface area contributed by atoms with E-state index in [0.717, 1.165) is 54.1 Å². The summed E-state index contributed by atoms with van der Waals surface area (Å²) in [6.45, 7) is 2.37. The van der Waals surface area contributed by atoms with Gasteiger partial charge in [0.1, 0.15) is 23.9 Å². The second-order valence-corrected chi connectivity index (χ2v) is 12.8. The van der Waals surface area contributed by atoms with E-state index in [1.807, 2.05) is 24.3 Å². The fraction of sp³-hybridized carbons (Fsp3) is 0.500. The Hall–Kier alpha value is -3.25. The number of allylic oxidation sites excluding steroid dienone is 1. The number of hydrogen-bond acceptors (Lipinski definition) is 5. The number of ether oxygens (including phenoxy) is 3. The molecule has 4 aliphatic rings. The highest BCUT2D eigenvalue weighted by Crippen LogP contribution is 2.58. The first-order valence-corrected chi connectivity index (χ1v) is 16.2. The van der Waals surface area contributed by atoms with E-state index in [9.17, 15) is 14.7 Å². The summed E-state index contributed by atoms with van der Waals surface area (Å²) in [5, 5.41) is 9.67. The Morgan fingerprint density at radius 3 is 2.23 bits per heavy atom. The van der Waals surface area contributed by atoms with Crippen LogP contribution >= 0.6 is 11.6 Å². The van der Waals surface area contributed by atoms with Crippen LogP contribution in [0.5, 0.6) is 11.5 Å². The molecular weight excluding hydrogens is 564 g/mol. The van der Waals surface area contributed by atoms with E-state index in [0.29, 0.717) is 40.3 Å². The fourth-order valence-corrected chi connectivity index (χ4v) is 7.81. The molecule has 6 rings (SSSR count). The number of carboxylic acid groups (broad SMARTS) is 1. The number of esters is 1. The molecule has 1 N–H and O–H groups in total. The second-order valence-electron chi connectivity index (χ2n) is 12.4. The predicted molar refractivity (Wildman–Crippen MR) is 169 cm³/mol. The topological polar surface area (TPSA) is 82.1 Å². The third kappa shape index (κ3) is 7.64. The van der Waals surface area contributed by atoms with Crippen LogP contribution in [-0.4, -0.2) is 24.2 Å². The van der Waals surface area contributed by atoms with E-state index in [2.05, 4.69) is 6.92 Å². The molecule has 0 spiro atoms. The highest BCUT2D eigenvalue weighted by atomic mass is 35.5. The van der Waals surface area contributed by atoms with Gasteiger partial charge in [-0.2, -0.15) is 0 Å².